The minimum atomic E-state index is 0.306. The molecule has 2 aliphatic heterocycles. The first kappa shape index (κ1) is 12.0. The maximum atomic E-state index is 6.02. The summed E-state index contributed by atoms with van der Waals surface area (Å²) in [5, 5.41) is 3.42. The van der Waals surface area contributed by atoms with Crippen molar-refractivity contribution in [1.29, 1.82) is 0 Å². The summed E-state index contributed by atoms with van der Waals surface area (Å²) in [6, 6.07) is 4.27. The minimum absolute atomic E-state index is 0.306. The highest BCUT2D eigenvalue weighted by Gasteiger charge is 2.46. The van der Waals surface area contributed by atoms with E-state index in [1.54, 1.807) is 0 Å². The number of ether oxygens (including phenoxy) is 2. The first-order valence-corrected chi connectivity index (χ1v) is 7.85. The Kier molecular flexibility index (Phi) is 2.78. The summed E-state index contributed by atoms with van der Waals surface area (Å²) in [5.41, 5.74) is 1.65. The minimum Gasteiger partial charge on any atom is -0.489 e. The van der Waals surface area contributed by atoms with Crippen LogP contribution < -0.4 is 14.8 Å². The molecule has 1 N–H and O–H groups in total. The highest BCUT2D eigenvalue weighted by Crippen LogP contribution is 2.50. The molecule has 3 aliphatic rings. The number of hydrogen-bond donors (Lipinski definition) is 1. The van der Waals surface area contributed by atoms with Gasteiger partial charge in [-0.2, -0.15) is 0 Å². The van der Waals surface area contributed by atoms with Gasteiger partial charge in [-0.15, -0.1) is 0 Å². The Morgan fingerprint density at radius 3 is 2.53 bits per heavy atom. The second-order valence-electron chi connectivity index (χ2n) is 6.09. The molecule has 4 rings (SSSR count). The average molecular weight is 324 g/mol. The van der Waals surface area contributed by atoms with Gasteiger partial charge in [-0.1, -0.05) is 15.9 Å². The summed E-state index contributed by atoms with van der Waals surface area (Å²) >= 11 is 3.69. The van der Waals surface area contributed by atoms with Crippen LogP contribution in [0.15, 0.2) is 16.6 Å². The van der Waals surface area contributed by atoms with Crippen molar-refractivity contribution in [3.63, 3.8) is 0 Å². The van der Waals surface area contributed by atoms with Gasteiger partial charge in [-0.3, -0.25) is 0 Å². The Morgan fingerprint density at radius 1 is 1.16 bits per heavy atom. The molecule has 4 heteroatoms. The highest BCUT2D eigenvalue weighted by molar-refractivity contribution is 9.10. The maximum absolute atomic E-state index is 6.02. The fraction of sp³-hybridized carbons (Fsp3) is 0.600. The van der Waals surface area contributed by atoms with Crippen LogP contribution in [0.3, 0.4) is 0 Å². The van der Waals surface area contributed by atoms with Gasteiger partial charge in [-0.05, 0) is 49.4 Å². The number of rotatable bonds is 1. The van der Waals surface area contributed by atoms with Crippen LogP contribution in [0.5, 0.6) is 11.5 Å². The molecule has 2 heterocycles. The zero-order valence-corrected chi connectivity index (χ0v) is 12.5. The van der Waals surface area contributed by atoms with Crippen LogP contribution in [0, 0.1) is 5.41 Å². The quantitative estimate of drug-likeness (QED) is 0.861. The first-order chi connectivity index (χ1) is 9.26. The number of nitrogens with one attached hydrogen (secondary N) is 1. The Hall–Kier alpha value is -0.740. The largest absolute Gasteiger partial charge is 0.489 e. The zero-order chi connectivity index (χ0) is 12.9. The molecule has 0 amide bonds. The van der Waals surface area contributed by atoms with E-state index in [4.69, 9.17) is 9.47 Å². The molecule has 1 aromatic carbocycles. The third-order valence-electron chi connectivity index (χ3n) is 4.59. The second kappa shape index (κ2) is 4.38. The van der Waals surface area contributed by atoms with E-state index in [1.165, 1.54) is 24.8 Å². The van der Waals surface area contributed by atoms with Crippen molar-refractivity contribution in [2.24, 2.45) is 5.41 Å². The normalized spacial score (nSPS) is 27.3. The number of halogens is 1. The monoisotopic (exact) mass is 323 g/mol. The third-order valence-corrected chi connectivity index (χ3v) is 5.27. The van der Waals surface area contributed by atoms with Gasteiger partial charge in [0.25, 0.3) is 0 Å². The molecule has 1 atom stereocenters. The molecule has 1 unspecified atom stereocenters. The molecule has 0 aromatic heterocycles. The van der Waals surface area contributed by atoms with Crippen LogP contribution in [0.1, 0.15) is 30.7 Å². The zero-order valence-electron chi connectivity index (χ0n) is 10.9. The lowest BCUT2D eigenvalue weighted by Crippen LogP contribution is -2.17. The fourth-order valence-corrected chi connectivity index (χ4v) is 3.62. The van der Waals surface area contributed by atoms with Crippen LogP contribution in [0.25, 0.3) is 0 Å². The summed E-state index contributed by atoms with van der Waals surface area (Å²) in [7, 11) is 0. The van der Waals surface area contributed by atoms with Crippen molar-refractivity contribution in [2.45, 2.75) is 25.2 Å². The topological polar surface area (TPSA) is 30.5 Å². The van der Waals surface area contributed by atoms with Gasteiger partial charge < -0.3 is 14.8 Å². The summed E-state index contributed by atoms with van der Waals surface area (Å²) in [5.74, 6) is 2.40. The first-order valence-electron chi connectivity index (χ1n) is 7.06. The fourth-order valence-electron chi connectivity index (χ4n) is 2.98. The number of fused-ring (bicyclic) bond motifs is 1. The van der Waals surface area contributed by atoms with Crippen LogP contribution in [-0.2, 0) is 0 Å². The van der Waals surface area contributed by atoms with Gasteiger partial charge in [0.2, 0.25) is 0 Å². The van der Waals surface area contributed by atoms with Crippen molar-refractivity contribution in [2.75, 3.05) is 26.3 Å². The number of hydrogen-bond acceptors (Lipinski definition) is 3. The van der Waals surface area contributed by atoms with E-state index in [-0.39, 0.29) is 0 Å². The number of benzene rings is 1. The molecule has 2 fully saturated rings. The molecule has 0 radical (unpaired) electrons. The third kappa shape index (κ3) is 2.15. The molecule has 1 aromatic rings. The Labute approximate surface area is 121 Å². The predicted octanol–water partition coefficient (Wildman–Crippen LogP) is 3.08. The van der Waals surface area contributed by atoms with Crippen molar-refractivity contribution in [1.82, 2.24) is 5.32 Å². The van der Waals surface area contributed by atoms with Gasteiger partial charge >= 0.3 is 0 Å². The van der Waals surface area contributed by atoms with Gasteiger partial charge in [0.15, 0.2) is 11.5 Å². The van der Waals surface area contributed by atoms with Crippen molar-refractivity contribution >= 4 is 15.9 Å². The summed E-state index contributed by atoms with van der Waals surface area (Å²) in [6.45, 7) is 3.78. The lowest BCUT2D eigenvalue weighted by molar-refractivity contribution is 0.197. The Morgan fingerprint density at radius 2 is 1.89 bits per heavy atom. The van der Waals surface area contributed by atoms with Gasteiger partial charge in [-0.25, -0.2) is 0 Å². The SMILES string of the molecule is Brc1cc2c(cc1C1CCNC1)OCC1(CC1)CO2. The molecule has 3 nitrogen and oxygen atoms in total. The van der Waals surface area contributed by atoms with Crippen molar-refractivity contribution < 1.29 is 9.47 Å². The summed E-state index contributed by atoms with van der Waals surface area (Å²) < 4.78 is 13.1. The van der Waals surface area contributed by atoms with E-state index < -0.39 is 0 Å². The van der Waals surface area contributed by atoms with Gasteiger partial charge in [0.05, 0.1) is 13.2 Å². The Bertz CT molecular complexity index is 507. The maximum Gasteiger partial charge on any atom is 0.162 e. The average Bonchev–Trinajstić information content (AvgIpc) is 3.03. The van der Waals surface area contributed by atoms with Crippen LogP contribution in [-0.4, -0.2) is 26.3 Å². The van der Waals surface area contributed by atoms with Crippen LogP contribution in [0.2, 0.25) is 0 Å². The lowest BCUT2D eigenvalue weighted by atomic mass is 9.98. The molecular formula is C15H18BrNO2. The van der Waals surface area contributed by atoms with Crippen molar-refractivity contribution in [3.05, 3.63) is 22.2 Å². The van der Waals surface area contributed by atoms with Crippen LogP contribution in [0.4, 0.5) is 0 Å². The highest BCUT2D eigenvalue weighted by atomic mass is 79.9. The smallest absolute Gasteiger partial charge is 0.162 e. The molecule has 1 aliphatic carbocycles. The van der Waals surface area contributed by atoms with Gasteiger partial charge in [0, 0.05) is 16.4 Å². The molecule has 102 valence electrons. The van der Waals surface area contributed by atoms with Crippen molar-refractivity contribution in [3.8, 4) is 11.5 Å². The van der Waals surface area contributed by atoms with E-state index in [1.807, 2.05) is 0 Å². The predicted molar refractivity (Wildman–Crippen MR) is 77.0 cm³/mol. The molecule has 19 heavy (non-hydrogen) atoms. The van der Waals surface area contributed by atoms with E-state index in [9.17, 15) is 0 Å². The van der Waals surface area contributed by atoms with E-state index >= 15 is 0 Å². The summed E-state index contributed by atoms with van der Waals surface area (Å²) in [6.07, 6.45) is 3.67. The molecule has 1 spiro atoms. The molecule has 0 bridgehead atoms. The van der Waals surface area contributed by atoms with Crippen LogP contribution >= 0.6 is 15.9 Å². The second-order valence-corrected chi connectivity index (χ2v) is 6.94. The molecule has 1 saturated heterocycles. The lowest BCUT2D eigenvalue weighted by Gasteiger charge is -2.15. The Balaban J connectivity index is 1.67. The van der Waals surface area contributed by atoms with E-state index in [2.05, 4.69) is 33.4 Å². The standard InChI is InChI=1S/C15H18BrNO2/c16-12-6-14-13(5-11(12)10-1-4-17-7-10)18-8-15(2-3-15)9-19-14/h5-6,10,17H,1-4,7-9H2. The summed E-state index contributed by atoms with van der Waals surface area (Å²) in [4.78, 5) is 0. The van der Waals surface area contributed by atoms with E-state index in [0.717, 1.165) is 42.3 Å². The van der Waals surface area contributed by atoms with Gasteiger partial charge in [0.1, 0.15) is 0 Å². The van der Waals surface area contributed by atoms with E-state index in [0.29, 0.717) is 11.3 Å². The molecule has 1 saturated carbocycles. The molecular weight excluding hydrogens is 306 g/mol.